The molecule has 0 unspecified atom stereocenters. The van der Waals surface area contributed by atoms with Gasteiger partial charge >= 0.3 is 0 Å². The number of aliphatic hydroxyl groups is 1. The highest BCUT2D eigenvalue weighted by molar-refractivity contribution is 6.19. The van der Waals surface area contributed by atoms with Gasteiger partial charge in [-0.1, -0.05) is 24.6 Å². The van der Waals surface area contributed by atoms with Crippen LogP contribution in [0.2, 0.25) is 0 Å². The molecule has 1 N–H and O–H groups in total. The topological polar surface area (TPSA) is 86.3 Å². The Labute approximate surface area is 224 Å². The summed E-state index contributed by atoms with van der Waals surface area (Å²) in [7, 11) is 1.90. The number of aromatic nitrogens is 2. The van der Waals surface area contributed by atoms with Gasteiger partial charge in [0.25, 0.3) is 5.91 Å². The van der Waals surface area contributed by atoms with Crippen molar-refractivity contribution in [3.63, 3.8) is 0 Å². The number of unbranched alkanes of at least 4 members (excludes halogenated alkanes) is 3. The van der Waals surface area contributed by atoms with Gasteiger partial charge in [0.15, 0.2) is 0 Å². The number of halogens is 1. The minimum Gasteiger partial charge on any atom is -0.396 e. The molecule has 1 aliphatic rings. The maximum atomic E-state index is 13.3. The summed E-state index contributed by atoms with van der Waals surface area (Å²) in [5.41, 5.74) is 3.98. The van der Waals surface area contributed by atoms with Crippen LogP contribution in [0.25, 0.3) is 0 Å². The zero-order valence-corrected chi connectivity index (χ0v) is 22.5. The summed E-state index contributed by atoms with van der Waals surface area (Å²) >= 11 is 5.76. The summed E-state index contributed by atoms with van der Waals surface area (Å²) in [6, 6.07) is 5.51. The Morgan fingerprint density at radius 1 is 1.14 bits per heavy atom. The van der Waals surface area contributed by atoms with Gasteiger partial charge in [0, 0.05) is 69.9 Å². The number of piperazine rings is 1. The van der Waals surface area contributed by atoms with E-state index in [9.17, 15) is 4.79 Å². The molecule has 1 aromatic carbocycles. The van der Waals surface area contributed by atoms with Gasteiger partial charge in [0.05, 0.1) is 23.3 Å². The molecule has 3 rings (SSSR count). The normalized spacial score (nSPS) is 15.1. The van der Waals surface area contributed by atoms with Crippen molar-refractivity contribution in [2.75, 3.05) is 43.6 Å². The number of aryl methyl sites for hydroxylation is 1. The maximum Gasteiger partial charge on any atom is 0.254 e. The van der Waals surface area contributed by atoms with Crippen LogP contribution >= 0.6 is 11.6 Å². The van der Waals surface area contributed by atoms with Crippen LogP contribution < -0.4 is 4.90 Å². The van der Waals surface area contributed by atoms with E-state index in [4.69, 9.17) is 16.7 Å². The number of rotatable bonds is 12. The van der Waals surface area contributed by atoms with Gasteiger partial charge in [0.2, 0.25) is 0 Å². The Morgan fingerprint density at radius 2 is 1.95 bits per heavy atom. The second-order valence-corrected chi connectivity index (χ2v) is 9.15. The fraction of sp³-hybridized carbons (Fsp3) is 0.429. The quantitative estimate of drug-likeness (QED) is 0.181. The maximum absolute atomic E-state index is 13.3. The minimum absolute atomic E-state index is 0.0000454. The average molecular weight is 525 g/mol. The van der Waals surface area contributed by atoms with Crippen LogP contribution in [0, 0.1) is 0 Å². The van der Waals surface area contributed by atoms with Crippen LogP contribution in [0.1, 0.15) is 43.0 Å². The van der Waals surface area contributed by atoms with Crippen molar-refractivity contribution in [2.24, 2.45) is 17.0 Å². The minimum atomic E-state index is -0.0000454. The van der Waals surface area contributed by atoms with Crippen LogP contribution in [0.5, 0.6) is 0 Å². The molecule has 0 bridgehead atoms. The molecule has 1 aromatic heterocycles. The number of amides is 1. The molecule has 0 atom stereocenters. The van der Waals surface area contributed by atoms with Gasteiger partial charge in [-0.25, -0.2) is 0 Å². The molecule has 0 aliphatic carbocycles. The summed E-state index contributed by atoms with van der Waals surface area (Å²) in [6.45, 7) is 4.98. The first-order valence-corrected chi connectivity index (χ1v) is 13.3. The van der Waals surface area contributed by atoms with E-state index in [1.54, 1.807) is 10.9 Å². The number of alkyl halides is 1. The van der Waals surface area contributed by atoms with E-state index in [1.807, 2.05) is 73.9 Å². The molecule has 0 radical (unpaired) electrons. The highest BCUT2D eigenvalue weighted by Gasteiger charge is 2.23. The first kappa shape index (κ1) is 28.3. The lowest BCUT2D eigenvalue weighted by molar-refractivity contribution is 0.0747. The van der Waals surface area contributed by atoms with Crippen molar-refractivity contribution < 1.29 is 9.90 Å². The van der Waals surface area contributed by atoms with Crippen molar-refractivity contribution in [1.82, 2.24) is 14.7 Å². The van der Waals surface area contributed by atoms with Gasteiger partial charge < -0.3 is 14.9 Å². The summed E-state index contributed by atoms with van der Waals surface area (Å²) in [5.74, 6) is 0.435. The number of hydrogen-bond acceptors (Lipinski definition) is 6. The first-order chi connectivity index (χ1) is 18.0. The first-order valence-electron chi connectivity index (χ1n) is 12.8. The van der Waals surface area contributed by atoms with Crippen LogP contribution in [-0.2, 0) is 7.05 Å². The molecule has 9 heteroatoms. The van der Waals surface area contributed by atoms with E-state index in [0.29, 0.717) is 35.9 Å². The molecule has 0 spiro atoms. The molecule has 1 amide bonds. The molecule has 1 fully saturated rings. The number of allylic oxidation sites excluding steroid dienone is 4. The lowest BCUT2D eigenvalue weighted by Gasteiger charge is -2.35. The third-order valence-electron chi connectivity index (χ3n) is 6.15. The summed E-state index contributed by atoms with van der Waals surface area (Å²) in [4.78, 5) is 26.8. The summed E-state index contributed by atoms with van der Waals surface area (Å²) in [5, 5.41) is 13.2. The van der Waals surface area contributed by atoms with Crippen LogP contribution in [0.15, 0.2) is 64.4 Å². The van der Waals surface area contributed by atoms with E-state index in [1.165, 1.54) is 0 Å². The lowest BCUT2D eigenvalue weighted by Crippen LogP contribution is -2.48. The second-order valence-electron chi connectivity index (χ2n) is 8.84. The number of benzene rings is 1. The molecule has 1 saturated heterocycles. The average Bonchev–Trinajstić information content (AvgIpc) is 3.37. The van der Waals surface area contributed by atoms with Gasteiger partial charge in [-0.3, -0.25) is 19.5 Å². The van der Waals surface area contributed by atoms with E-state index in [0.717, 1.165) is 50.0 Å². The number of aliphatic hydroxyl groups excluding tert-OH is 1. The van der Waals surface area contributed by atoms with Crippen LogP contribution in [0.4, 0.5) is 17.1 Å². The number of hydrogen-bond donors (Lipinski definition) is 1. The zero-order chi connectivity index (χ0) is 26.5. The summed E-state index contributed by atoms with van der Waals surface area (Å²) in [6.07, 6.45) is 16.7. The van der Waals surface area contributed by atoms with Gasteiger partial charge in [-0.05, 0) is 50.0 Å². The smallest absolute Gasteiger partial charge is 0.254 e. The number of carbonyl (C=O) groups excluding carboxylic acids is 1. The van der Waals surface area contributed by atoms with Crippen LogP contribution in [-0.4, -0.2) is 76.8 Å². The van der Waals surface area contributed by atoms with E-state index in [-0.39, 0.29) is 12.5 Å². The molecule has 1 aliphatic heterocycles. The molecule has 0 saturated carbocycles. The van der Waals surface area contributed by atoms with E-state index >= 15 is 0 Å². The Balaban J connectivity index is 1.74. The number of aliphatic imine (C=N–C) groups is 2. The largest absolute Gasteiger partial charge is 0.396 e. The SMILES string of the molecule is C/C=C(C=Nc1ccc(C(=O)N2CCN(c3cnn(C)c3)CC2)cc1N=CCCCCCO)\C=C/CCl. The number of carbonyl (C=O) groups is 1. The third kappa shape index (κ3) is 8.68. The van der Waals surface area contributed by atoms with Gasteiger partial charge in [-0.2, -0.15) is 5.10 Å². The third-order valence-corrected chi connectivity index (χ3v) is 6.33. The molecule has 2 heterocycles. The Kier molecular flexibility index (Phi) is 11.6. The van der Waals surface area contributed by atoms with Crippen molar-refractivity contribution in [1.29, 1.82) is 0 Å². The van der Waals surface area contributed by atoms with Crippen LogP contribution in [0.3, 0.4) is 0 Å². The highest BCUT2D eigenvalue weighted by Crippen LogP contribution is 2.30. The highest BCUT2D eigenvalue weighted by atomic mass is 35.5. The van der Waals surface area contributed by atoms with Crippen molar-refractivity contribution in [3.05, 3.63) is 60.0 Å². The lowest BCUT2D eigenvalue weighted by atomic mass is 10.1. The van der Waals surface area contributed by atoms with Crippen molar-refractivity contribution in [2.45, 2.75) is 32.6 Å². The Hall–Kier alpha value is -3.23. The molecular formula is C28H37ClN6O2. The monoisotopic (exact) mass is 524 g/mol. The molecular weight excluding hydrogens is 488 g/mol. The number of anilines is 1. The predicted octanol–water partition coefficient (Wildman–Crippen LogP) is 5.08. The fourth-order valence-corrected chi connectivity index (χ4v) is 4.11. The van der Waals surface area contributed by atoms with Crippen molar-refractivity contribution >= 4 is 47.0 Å². The summed E-state index contributed by atoms with van der Waals surface area (Å²) < 4.78 is 1.79. The molecule has 8 nitrogen and oxygen atoms in total. The number of nitrogens with zero attached hydrogens (tertiary/aromatic N) is 6. The molecule has 198 valence electrons. The Morgan fingerprint density at radius 3 is 2.62 bits per heavy atom. The Bertz CT molecular complexity index is 1130. The zero-order valence-electron chi connectivity index (χ0n) is 21.8. The van der Waals surface area contributed by atoms with E-state index in [2.05, 4.69) is 20.0 Å². The predicted molar refractivity (Wildman–Crippen MR) is 153 cm³/mol. The van der Waals surface area contributed by atoms with Gasteiger partial charge in [-0.15, -0.1) is 11.6 Å². The molecule has 2 aromatic rings. The van der Waals surface area contributed by atoms with Crippen molar-refractivity contribution in [3.8, 4) is 0 Å². The van der Waals surface area contributed by atoms with Gasteiger partial charge in [0.1, 0.15) is 0 Å². The van der Waals surface area contributed by atoms with E-state index < -0.39 is 0 Å². The second kappa shape index (κ2) is 15.1. The fourth-order valence-electron chi connectivity index (χ4n) is 4.02. The standard InChI is InChI=1S/C28H37ClN6O2/c1-3-23(9-8-12-29)20-31-26-11-10-24(19-27(26)30-13-6-4-5-7-18-36)28(37)35-16-14-34(15-17-35)25-21-32-33(2)22-25/h3,8-11,13,19-22,36H,4-7,12,14-18H2,1-2H3/b9-8-,23-3+,30-13?,31-20?. The molecule has 37 heavy (non-hydrogen) atoms.